The zero-order chi connectivity index (χ0) is 41.4. The summed E-state index contributed by atoms with van der Waals surface area (Å²) in [7, 11) is 0. The van der Waals surface area contributed by atoms with Gasteiger partial charge in [-0.2, -0.15) is 0 Å². The highest BCUT2D eigenvalue weighted by molar-refractivity contribution is 7.26. The van der Waals surface area contributed by atoms with Gasteiger partial charge in [-0.1, -0.05) is 182 Å². The minimum atomic E-state index is 0.869. The summed E-state index contributed by atoms with van der Waals surface area (Å²) in [6.45, 7) is 0. The molecule has 0 radical (unpaired) electrons. The largest absolute Gasteiger partial charge is 0.455 e. The smallest absolute Gasteiger partial charge is 0.145 e. The van der Waals surface area contributed by atoms with Crippen molar-refractivity contribution in [3.63, 3.8) is 0 Å². The summed E-state index contributed by atoms with van der Waals surface area (Å²) in [5.41, 5.74) is 12.1. The van der Waals surface area contributed by atoms with Gasteiger partial charge < -0.3 is 9.32 Å². The maximum atomic E-state index is 6.92. The van der Waals surface area contributed by atoms with Crippen LogP contribution >= 0.6 is 11.3 Å². The minimum absolute atomic E-state index is 0.869. The predicted octanol–water partition coefficient (Wildman–Crippen LogP) is 17.9. The van der Waals surface area contributed by atoms with E-state index in [1.165, 1.54) is 74.7 Å². The van der Waals surface area contributed by atoms with E-state index in [-0.39, 0.29) is 0 Å². The minimum Gasteiger partial charge on any atom is -0.455 e. The molecule has 0 amide bonds. The molecule has 0 aliphatic carbocycles. The van der Waals surface area contributed by atoms with Crippen LogP contribution in [0, 0.1) is 0 Å². The van der Waals surface area contributed by atoms with Gasteiger partial charge in [-0.3, -0.25) is 0 Å². The van der Waals surface area contributed by atoms with Crippen molar-refractivity contribution in [1.82, 2.24) is 0 Å². The van der Waals surface area contributed by atoms with Gasteiger partial charge in [0.2, 0.25) is 0 Å². The van der Waals surface area contributed by atoms with E-state index in [1.807, 2.05) is 11.3 Å². The Balaban J connectivity index is 1.02. The number of fused-ring (bicyclic) bond motifs is 10. The fourth-order valence-electron chi connectivity index (χ4n) is 9.92. The molecule has 11 aromatic carbocycles. The molecule has 0 aliphatic heterocycles. The molecule has 0 N–H and O–H groups in total. The van der Waals surface area contributed by atoms with E-state index in [2.05, 4.69) is 229 Å². The number of thiophene rings is 1. The second-order valence-corrected chi connectivity index (χ2v) is 17.4. The molecule has 0 bridgehead atoms. The van der Waals surface area contributed by atoms with Gasteiger partial charge in [-0.25, -0.2) is 0 Å². The molecule has 2 nitrogen and oxygen atoms in total. The van der Waals surface area contributed by atoms with Crippen LogP contribution in [-0.4, -0.2) is 0 Å². The van der Waals surface area contributed by atoms with E-state index in [0.29, 0.717) is 0 Å². The quantitative estimate of drug-likeness (QED) is 0.155. The lowest BCUT2D eigenvalue weighted by atomic mass is 9.95. The van der Waals surface area contributed by atoms with E-state index in [1.54, 1.807) is 0 Å². The second-order valence-electron chi connectivity index (χ2n) is 16.4. The molecule has 13 aromatic rings. The molecule has 63 heavy (non-hydrogen) atoms. The van der Waals surface area contributed by atoms with E-state index >= 15 is 0 Å². The van der Waals surface area contributed by atoms with Gasteiger partial charge in [0, 0.05) is 42.5 Å². The number of hydrogen-bond donors (Lipinski definition) is 0. The Morgan fingerprint density at radius 3 is 1.67 bits per heavy atom. The van der Waals surface area contributed by atoms with Crippen molar-refractivity contribution in [2.75, 3.05) is 4.90 Å². The standard InChI is InChI=1S/C60H37NOS/c1-2-13-39(14-3-1)48-21-11-24-52-53-25-12-22-49(60(53)63-59(48)52)41-29-31-43(32-30-41)61(44-33-34-47-42(37-44)28-27-40-16-5-6-18-45(40)47)55-36-35-51(50-23-10-17-38-15-4-7-19-46(38)50)58-57(55)54-20-8-9-26-56(54)62-58/h1-37H. The number of rotatable bonds is 6. The Bertz CT molecular complexity index is 3910. The van der Waals surface area contributed by atoms with Crippen LogP contribution < -0.4 is 4.90 Å². The molecule has 0 unspecified atom stereocenters. The molecule has 0 fully saturated rings. The third-order valence-electron chi connectivity index (χ3n) is 12.9. The fraction of sp³-hybridized carbons (Fsp3) is 0. The summed E-state index contributed by atoms with van der Waals surface area (Å²) in [6.07, 6.45) is 0. The lowest BCUT2D eigenvalue weighted by Gasteiger charge is -2.27. The van der Waals surface area contributed by atoms with Crippen molar-refractivity contribution < 1.29 is 4.42 Å². The van der Waals surface area contributed by atoms with Crippen LogP contribution in [0.3, 0.4) is 0 Å². The number of nitrogens with zero attached hydrogens (tertiary/aromatic N) is 1. The Morgan fingerprint density at radius 2 is 0.889 bits per heavy atom. The Hall–Kier alpha value is -7.98. The van der Waals surface area contributed by atoms with E-state index in [0.717, 1.165) is 50.1 Å². The number of benzene rings is 11. The van der Waals surface area contributed by atoms with Crippen LogP contribution in [-0.2, 0) is 0 Å². The first-order chi connectivity index (χ1) is 31.2. The lowest BCUT2D eigenvalue weighted by molar-refractivity contribution is 0.670. The van der Waals surface area contributed by atoms with Crippen molar-refractivity contribution in [1.29, 1.82) is 0 Å². The molecule has 0 saturated carbocycles. The average Bonchev–Trinajstić information content (AvgIpc) is 3.94. The monoisotopic (exact) mass is 819 g/mol. The molecule has 13 rings (SSSR count). The summed E-state index contributed by atoms with van der Waals surface area (Å²) < 4.78 is 9.55. The number of para-hydroxylation sites is 1. The third kappa shape index (κ3) is 5.71. The lowest BCUT2D eigenvalue weighted by Crippen LogP contribution is -2.10. The SMILES string of the molecule is c1ccc(-c2cccc3c2sc2c(-c4ccc(N(c5ccc6c(ccc7ccccc76)c5)c5ccc(-c6cccc7ccccc67)c6oc7ccccc7c56)cc4)cccc23)cc1. The van der Waals surface area contributed by atoms with Gasteiger partial charge in [-0.05, 0) is 103 Å². The van der Waals surface area contributed by atoms with Crippen LogP contribution in [0.5, 0.6) is 0 Å². The van der Waals surface area contributed by atoms with E-state index < -0.39 is 0 Å². The van der Waals surface area contributed by atoms with Gasteiger partial charge in [-0.15, -0.1) is 11.3 Å². The van der Waals surface area contributed by atoms with E-state index in [4.69, 9.17) is 4.42 Å². The van der Waals surface area contributed by atoms with Gasteiger partial charge in [0.15, 0.2) is 0 Å². The summed E-state index contributed by atoms with van der Waals surface area (Å²) in [5.74, 6) is 0. The molecule has 2 heterocycles. The molecular weight excluding hydrogens is 783 g/mol. The molecule has 3 heteroatoms. The summed E-state index contributed by atoms with van der Waals surface area (Å²) in [6, 6.07) is 81.6. The molecule has 0 atom stereocenters. The first kappa shape index (κ1) is 35.7. The predicted molar refractivity (Wildman–Crippen MR) is 270 cm³/mol. The zero-order valence-electron chi connectivity index (χ0n) is 34.1. The number of hydrogen-bond acceptors (Lipinski definition) is 3. The van der Waals surface area contributed by atoms with Gasteiger partial charge in [0.1, 0.15) is 11.2 Å². The summed E-state index contributed by atoms with van der Waals surface area (Å²) in [5, 5.41) is 12.1. The van der Waals surface area contributed by atoms with E-state index in [9.17, 15) is 0 Å². The Labute approximate surface area is 368 Å². The first-order valence-corrected chi connectivity index (χ1v) is 22.3. The highest BCUT2D eigenvalue weighted by Gasteiger charge is 2.24. The van der Waals surface area contributed by atoms with Crippen LogP contribution in [0.1, 0.15) is 0 Å². The molecule has 2 aromatic heterocycles. The second kappa shape index (κ2) is 14.3. The fourth-order valence-corrected chi connectivity index (χ4v) is 11.3. The number of furan rings is 1. The highest BCUT2D eigenvalue weighted by Crippen LogP contribution is 2.49. The molecular formula is C60H37NOS. The van der Waals surface area contributed by atoms with Crippen molar-refractivity contribution in [2.24, 2.45) is 0 Å². The summed E-state index contributed by atoms with van der Waals surface area (Å²) in [4.78, 5) is 2.42. The molecule has 0 spiro atoms. The van der Waals surface area contributed by atoms with Crippen LogP contribution in [0.2, 0.25) is 0 Å². The molecule has 294 valence electrons. The first-order valence-electron chi connectivity index (χ1n) is 21.5. The van der Waals surface area contributed by atoms with Crippen molar-refractivity contribution in [3.8, 4) is 33.4 Å². The topological polar surface area (TPSA) is 16.4 Å². The maximum absolute atomic E-state index is 6.92. The number of anilines is 3. The average molecular weight is 820 g/mol. The molecule has 0 saturated heterocycles. The van der Waals surface area contributed by atoms with Crippen LogP contribution in [0.4, 0.5) is 17.1 Å². The van der Waals surface area contributed by atoms with Crippen molar-refractivity contribution in [3.05, 3.63) is 224 Å². The Morgan fingerprint density at radius 1 is 0.333 bits per heavy atom. The van der Waals surface area contributed by atoms with Gasteiger partial charge in [0.05, 0.1) is 11.1 Å². The van der Waals surface area contributed by atoms with Gasteiger partial charge in [0.25, 0.3) is 0 Å². The third-order valence-corrected chi connectivity index (χ3v) is 14.1. The summed E-state index contributed by atoms with van der Waals surface area (Å²) >= 11 is 1.89. The van der Waals surface area contributed by atoms with Crippen LogP contribution in [0.15, 0.2) is 229 Å². The Kier molecular flexibility index (Phi) is 8.12. The maximum Gasteiger partial charge on any atom is 0.145 e. The normalized spacial score (nSPS) is 11.8. The highest BCUT2D eigenvalue weighted by atomic mass is 32.1. The van der Waals surface area contributed by atoms with Gasteiger partial charge >= 0.3 is 0 Å². The van der Waals surface area contributed by atoms with Crippen molar-refractivity contribution in [2.45, 2.75) is 0 Å². The van der Waals surface area contributed by atoms with Crippen LogP contribution in [0.25, 0.3) is 108 Å². The van der Waals surface area contributed by atoms with Crippen molar-refractivity contribution >= 4 is 103 Å². The zero-order valence-corrected chi connectivity index (χ0v) is 34.9. The molecule has 0 aliphatic rings.